The Hall–Kier alpha value is -2.87. The number of amides is 1. The van der Waals surface area contributed by atoms with Crippen molar-refractivity contribution in [3.63, 3.8) is 0 Å². The molecule has 6 nitrogen and oxygen atoms in total. The number of sulfonamides is 1. The molecule has 3 aromatic rings. The molecular formula is C21H19ClN2O4S. The average Bonchev–Trinajstić information content (AvgIpc) is 2.70. The lowest BCUT2D eigenvalue weighted by Gasteiger charge is -2.19. The van der Waals surface area contributed by atoms with Crippen molar-refractivity contribution in [2.24, 2.45) is 0 Å². The maximum atomic E-state index is 12.9. The normalized spacial score (nSPS) is 12.3. The van der Waals surface area contributed by atoms with Crippen molar-refractivity contribution in [3.8, 4) is 5.75 Å². The van der Waals surface area contributed by atoms with Crippen LogP contribution in [0.25, 0.3) is 0 Å². The van der Waals surface area contributed by atoms with E-state index in [0.717, 1.165) is 5.56 Å². The Balaban J connectivity index is 1.87. The Morgan fingerprint density at radius 1 is 0.931 bits per heavy atom. The first-order chi connectivity index (χ1) is 13.8. The highest BCUT2D eigenvalue weighted by Crippen LogP contribution is 2.22. The number of rotatable bonds is 7. The van der Waals surface area contributed by atoms with E-state index in [1.54, 1.807) is 36.4 Å². The van der Waals surface area contributed by atoms with E-state index in [4.69, 9.17) is 11.6 Å². The topological polar surface area (TPSA) is 95.5 Å². The number of para-hydroxylation sites is 2. The van der Waals surface area contributed by atoms with Gasteiger partial charge in [0.2, 0.25) is 15.9 Å². The van der Waals surface area contributed by atoms with Gasteiger partial charge in [0, 0.05) is 5.02 Å². The predicted molar refractivity (Wildman–Crippen MR) is 112 cm³/mol. The Bertz CT molecular complexity index is 1090. The number of aromatic hydroxyl groups is 1. The molecule has 0 saturated carbocycles. The lowest BCUT2D eigenvalue weighted by molar-refractivity contribution is -0.117. The molecular weight excluding hydrogens is 412 g/mol. The number of hydrogen-bond donors (Lipinski definition) is 3. The largest absolute Gasteiger partial charge is 0.506 e. The number of nitrogens with one attached hydrogen (secondary N) is 2. The van der Waals surface area contributed by atoms with E-state index in [9.17, 15) is 18.3 Å². The summed E-state index contributed by atoms with van der Waals surface area (Å²) in [5, 5.41) is 12.9. The van der Waals surface area contributed by atoms with E-state index >= 15 is 0 Å². The summed E-state index contributed by atoms with van der Waals surface area (Å²) < 4.78 is 28.0. The zero-order chi connectivity index (χ0) is 20.9. The lowest BCUT2D eigenvalue weighted by atomic mass is 10.1. The molecule has 3 rings (SSSR count). The van der Waals surface area contributed by atoms with Gasteiger partial charge < -0.3 is 10.4 Å². The minimum absolute atomic E-state index is 0.00433. The van der Waals surface area contributed by atoms with Crippen LogP contribution in [0.4, 0.5) is 5.69 Å². The van der Waals surface area contributed by atoms with Crippen molar-refractivity contribution in [2.75, 3.05) is 5.32 Å². The molecule has 0 aliphatic heterocycles. The van der Waals surface area contributed by atoms with Crippen LogP contribution in [0, 0.1) is 0 Å². The van der Waals surface area contributed by atoms with Gasteiger partial charge in [-0.05, 0) is 48.4 Å². The van der Waals surface area contributed by atoms with E-state index in [0.29, 0.717) is 5.02 Å². The van der Waals surface area contributed by atoms with Gasteiger partial charge in [0.25, 0.3) is 0 Å². The van der Waals surface area contributed by atoms with Crippen LogP contribution in [0.5, 0.6) is 5.75 Å². The van der Waals surface area contributed by atoms with Gasteiger partial charge in [-0.15, -0.1) is 0 Å². The number of halogens is 1. The summed E-state index contributed by atoms with van der Waals surface area (Å²) in [6.45, 7) is 0. The molecule has 3 N–H and O–H groups in total. The van der Waals surface area contributed by atoms with Crippen LogP contribution in [0.1, 0.15) is 5.56 Å². The fourth-order valence-corrected chi connectivity index (χ4v) is 4.03. The molecule has 0 aromatic heterocycles. The van der Waals surface area contributed by atoms with Crippen molar-refractivity contribution in [2.45, 2.75) is 17.4 Å². The van der Waals surface area contributed by atoms with Gasteiger partial charge in [0.05, 0.1) is 10.6 Å². The van der Waals surface area contributed by atoms with Crippen molar-refractivity contribution in [3.05, 3.63) is 89.4 Å². The monoisotopic (exact) mass is 430 g/mol. The van der Waals surface area contributed by atoms with Crippen molar-refractivity contribution < 1.29 is 18.3 Å². The highest BCUT2D eigenvalue weighted by Gasteiger charge is 2.26. The zero-order valence-electron chi connectivity index (χ0n) is 15.2. The molecule has 0 saturated heterocycles. The number of phenolic OH excluding ortho intramolecular Hbond substituents is 1. The summed E-state index contributed by atoms with van der Waals surface area (Å²) in [5.41, 5.74) is 0.977. The third-order valence-electron chi connectivity index (χ3n) is 4.18. The predicted octanol–water partition coefficient (Wildman–Crippen LogP) is 3.57. The molecule has 0 aliphatic carbocycles. The maximum absolute atomic E-state index is 12.9. The van der Waals surface area contributed by atoms with Crippen LogP contribution in [0.3, 0.4) is 0 Å². The number of benzene rings is 3. The first-order valence-corrected chi connectivity index (χ1v) is 10.6. The molecule has 0 bridgehead atoms. The van der Waals surface area contributed by atoms with Crippen LogP contribution in [-0.2, 0) is 21.2 Å². The first kappa shape index (κ1) is 20.9. The number of carbonyl (C=O) groups excluding carboxylic acids is 1. The Labute approximate surface area is 174 Å². The van der Waals surface area contributed by atoms with Gasteiger partial charge in [0.15, 0.2) is 0 Å². The van der Waals surface area contributed by atoms with Gasteiger partial charge in [-0.1, -0.05) is 54.1 Å². The Morgan fingerprint density at radius 3 is 2.21 bits per heavy atom. The number of hydrogen-bond acceptors (Lipinski definition) is 4. The van der Waals surface area contributed by atoms with Crippen molar-refractivity contribution >= 4 is 33.2 Å². The fourth-order valence-electron chi connectivity index (χ4n) is 2.71. The molecule has 0 spiro atoms. The summed E-state index contributed by atoms with van der Waals surface area (Å²) in [5.74, 6) is -0.701. The molecule has 0 aliphatic rings. The molecule has 3 aromatic carbocycles. The molecule has 0 fully saturated rings. The molecule has 1 unspecified atom stereocenters. The molecule has 29 heavy (non-hydrogen) atoms. The second kappa shape index (κ2) is 9.09. The van der Waals surface area contributed by atoms with Crippen molar-refractivity contribution in [1.29, 1.82) is 0 Å². The van der Waals surface area contributed by atoms with Crippen LogP contribution in [0.15, 0.2) is 83.8 Å². The minimum Gasteiger partial charge on any atom is -0.506 e. The number of phenols is 1. The molecule has 1 atom stereocenters. The highest BCUT2D eigenvalue weighted by molar-refractivity contribution is 7.89. The molecule has 8 heteroatoms. The minimum atomic E-state index is -3.98. The molecule has 0 radical (unpaired) electrons. The maximum Gasteiger partial charge on any atom is 0.243 e. The van der Waals surface area contributed by atoms with E-state index in [1.807, 2.05) is 6.07 Å². The van der Waals surface area contributed by atoms with Gasteiger partial charge in [-0.2, -0.15) is 4.72 Å². The SMILES string of the molecule is O=C(Nc1ccccc1O)C(Cc1ccccc1)NS(=O)(=O)c1ccc(Cl)cc1. The van der Waals surface area contributed by atoms with Crippen LogP contribution < -0.4 is 10.0 Å². The Kier molecular flexibility index (Phi) is 6.53. The van der Waals surface area contributed by atoms with Crippen LogP contribution >= 0.6 is 11.6 Å². The summed E-state index contributed by atoms with van der Waals surface area (Å²) in [7, 11) is -3.98. The molecule has 1 amide bonds. The first-order valence-electron chi connectivity index (χ1n) is 8.76. The van der Waals surface area contributed by atoms with Gasteiger partial charge in [-0.25, -0.2) is 8.42 Å². The summed E-state index contributed by atoms with van der Waals surface area (Å²) in [6.07, 6.45) is 0.132. The number of anilines is 1. The van der Waals surface area contributed by atoms with Crippen LogP contribution in [-0.4, -0.2) is 25.5 Å². The van der Waals surface area contributed by atoms with Crippen LogP contribution in [0.2, 0.25) is 5.02 Å². The van der Waals surface area contributed by atoms with E-state index in [-0.39, 0.29) is 22.8 Å². The second-order valence-corrected chi connectivity index (χ2v) is 8.47. The van der Waals surface area contributed by atoms with Gasteiger partial charge >= 0.3 is 0 Å². The smallest absolute Gasteiger partial charge is 0.243 e. The third kappa shape index (κ3) is 5.57. The quantitative estimate of drug-likeness (QED) is 0.499. The van der Waals surface area contributed by atoms with E-state index in [2.05, 4.69) is 10.0 Å². The molecule has 150 valence electrons. The summed E-state index contributed by atoms with van der Waals surface area (Å²) in [4.78, 5) is 12.9. The summed E-state index contributed by atoms with van der Waals surface area (Å²) >= 11 is 5.83. The highest BCUT2D eigenvalue weighted by atomic mass is 35.5. The third-order valence-corrected chi connectivity index (χ3v) is 5.92. The zero-order valence-corrected chi connectivity index (χ0v) is 16.8. The second-order valence-electron chi connectivity index (χ2n) is 6.32. The van der Waals surface area contributed by atoms with Gasteiger partial charge in [0.1, 0.15) is 11.8 Å². The lowest BCUT2D eigenvalue weighted by Crippen LogP contribution is -2.45. The fraction of sp³-hybridized carbons (Fsp3) is 0.0952. The average molecular weight is 431 g/mol. The number of carbonyl (C=O) groups is 1. The van der Waals surface area contributed by atoms with E-state index < -0.39 is 22.0 Å². The van der Waals surface area contributed by atoms with Gasteiger partial charge in [-0.3, -0.25) is 4.79 Å². The summed E-state index contributed by atoms with van der Waals surface area (Å²) in [6, 6.07) is 19.8. The standard InChI is InChI=1S/C21H19ClN2O4S/c22-16-10-12-17(13-11-16)29(27,28)24-19(14-15-6-2-1-3-7-15)21(26)23-18-8-4-5-9-20(18)25/h1-13,19,24-25H,14H2,(H,23,26). The molecule has 0 heterocycles. The Morgan fingerprint density at radius 2 is 1.55 bits per heavy atom. The van der Waals surface area contributed by atoms with E-state index in [1.165, 1.54) is 36.4 Å². The van der Waals surface area contributed by atoms with Crippen molar-refractivity contribution in [1.82, 2.24) is 4.72 Å².